The van der Waals surface area contributed by atoms with E-state index in [2.05, 4.69) is 24.9 Å². The standard InChI is InChI=1S/C18H16ClN5O2S2/c1-9-16(28-24-23-9)17(25)21-8-12-6-11-5-10(7-13(19)15(11)26-12)14-3-4-20-18(22-14)27-2/h3-5,7,12H,6,8H2,1-2H3,(H,21,25). The molecular weight excluding hydrogens is 418 g/mol. The molecule has 7 nitrogen and oxygen atoms in total. The second-order valence-corrected chi connectivity index (χ2v) is 8.15. The van der Waals surface area contributed by atoms with E-state index in [4.69, 9.17) is 16.3 Å². The van der Waals surface area contributed by atoms with Crippen molar-refractivity contribution in [2.45, 2.75) is 24.6 Å². The summed E-state index contributed by atoms with van der Waals surface area (Å²) in [6.07, 6.45) is 4.15. The predicted molar refractivity (Wildman–Crippen MR) is 109 cm³/mol. The van der Waals surface area contributed by atoms with E-state index >= 15 is 0 Å². The largest absolute Gasteiger partial charge is 0.486 e. The molecule has 0 radical (unpaired) electrons. The molecule has 4 rings (SSSR count). The Balaban J connectivity index is 1.48. The number of aryl methyl sites for hydroxylation is 1. The summed E-state index contributed by atoms with van der Waals surface area (Å²) in [5.74, 6) is 0.476. The fourth-order valence-electron chi connectivity index (χ4n) is 2.98. The van der Waals surface area contributed by atoms with Crippen LogP contribution in [0, 0.1) is 6.92 Å². The van der Waals surface area contributed by atoms with Crippen LogP contribution >= 0.6 is 34.9 Å². The lowest BCUT2D eigenvalue weighted by atomic mass is 10.0. The summed E-state index contributed by atoms with van der Waals surface area (Å²) < 4.78 is 9.75. The Morgan fingerprint density at radius 2 is 2.32 bits per heavy atom. The molecule has 1 aliphatic heterocycles. The lowest BCUT2D eigenvalue weighted by molar-refractivity contribution is 0.0937. The zero-order valence-corrected chi connectivity index (χ0v) is 17.5. The van der Waals surface area contributed by atoms with Gasteiger partial charge in [0.2, 0.25) is 0 Å². The van der Waals surface area contributed by atoms with Gasteiger partial charge in [-0.05, 0) is 42.9 Å². The first-order valence-corrected chi connectivity index (χ1v) is 10.9. The first-order valence-electron chi connectivity index (χ1n) is 8.48. The van der Waals surface area contributed by atoms with Crippen LogP contribution in [-0.4, -0.2) is 44.4 Å². The summed E-state index contributed by atoms with van der Waals surface area (Å²) in [7, 11) is 0. The van der Waals surface area contributed by atoms with Crippen molar-refractivity contribution in [3.8, 4) is 17.0 Å². The third-order valence-corrected chi connectivity index (χ3v) is 5.98. The molecule has 3 aromatic rings. The van der Waals surface area contributed by atoms with E-state index in [1.54, 1.807) is 13.1 Å². The molecule has 1 atom stereocenters. The van der Waals surface area contributed by atoms with Gasteiger partial charge in [0.25, 0.3) is 5.91 Å². The maximum Gasteiger partial charge on any atom is 0.265 e. The molecule has 1 aliphatic rings. The van der Waals surface area contributed by atoms with Crippen LogP contribution < -0.4 is 10.1 Å². The number of aromatic nitrogens is 4. The topological polar surface area (TPSA) is 89.9 Å². The second kappa shape index (κ2) is 8.02. The molecule has 2 aromatic heterocycles. The van der Waals surface area contributed by atoms with Crippen LogP contribution in [0.4, 0.5) is 0 Å². The van der Waals surface area contributed by atoms with Gasteiger partial charge in [0.05, 0.1) is 23.0 Å². The van der Waals surface area contributed by atoms with E-state index in [9.17, 15) is 4.79 Å². The van der Waals surface area contributed by atoms with Crippen LogP contribution in [-0.2, 0) is 6.42 Å². The molecule has 0 fully saturated rings. The molecule has 28 heavy (non-hydrogen) atoms. The number of ether oxygens (including phenoxy) is 1. The summed E-state index contributed by atoms with van der Waals surface area (Å²) in [5.41, 5.74) is 3.36. The number of nitrogens with zero attached hydrogens (tertiary/aromatic N) is 4. The van der Waals surface area contributed by atoms with Gasteiger partial charge < -0.3 is 10.1 Å². The molecular formula is C18H16ClN5O2S2. The molecule has 3 heterocycles. The molecule has 0 saturated heterocycles. The van der Waals surface area contributed by atoms with Gasteiger partial charge >= 0.3 is 0 Å². The van der Waals surface area contributed by atoms with E-state index in [0.29, 0.717) is 39.5 Å². The fourth-order valence-corrected chi connectivity index (χ4v) is 4.19. The van der Waals surface area contributed by atoms with Crippen LogP contribution in [0.25, 0.3) is 11.3 Å². The van der Waals surface area contributed by atoms with Crippen molar-refractivity contribution in [1.29, 1.82) is 0 Å². The number of carbonyl (C=O) groups is 1. The Kier molecular flexibility index (Phi) is 5.47. The van der Waals surface area contributed by atoms with Crippen molar-refractivity contribution in [2.24, 2.45) is 0 Å². The molecule has 0 aliphatic carbocycles. The van der Waals surface area contributed by atoms with Crippen molar-refractivity contribution in [3.05, 3.63) is 45.6 Å². The minimum atomic E-state index is -0.190. The van der Waals surface area contributed by atoms with Crippen molar-refractivity contribution >= 4 is 40.8 Å². The zero-order valence-electron chi connectivity index (χ0n) is 15.1. The average Bonchev–Trinajstić information content (AvgIpc) is 3.32. The van der Waals surface area contributed by atoms with Gasteiger partial charge in [-0.1, -0.05) is 27.9 Å². The van der Waals surface area contributed by atoms with Gasteiger partial charge in [-0.3, -0.25) is 4.79 Å². The smallest absolute Gasteiger partial charge is 0.265 e. The maximum atomic E-state index is 12.2. The van der Waals surface area contributed by atoms with E-state index in [-0.39, 0.29) is 12.0 Å². The number of hydrogen-bond acceptors (Lipinski definition) is 8. The van der Waals surface area contributed by atoms with Gasteiger partial charge in [-0.25, -0.2) is 9.97 Å². The average molecular weight is 434 g/mol. The predicted octanol–water partition coefficient (Wildman–Crippen LogP) is 3.41. The van der Waals surface area contributed by atoms with Crippen molar-refractivity contribution in [1.82, 2.24) is 24.9 Å². The molecule has 1 amide bonds. The van der Waals surface area contributed by atoms with Gasteiger partial charge in [-0.2, -0.15) is 0 Å². The van der Waals surface area contributed by atoms with Crippen LogP contribution in [0.1, 0.15) is 20.9 Å². The fraction of sp³-hybridized carbons (Fsp3) is 0.278. The highest BCUT2D eigenvalue weighted by molar-refractivity contribution is 7.98. The zero-order chi connectivity index (χ0) is 19.7. The highest BCUT2D eigenvalue weighted by Gasteiger charge is 2.27. The Morgan fingerprint density at radius 3 is 3.07 bits per heavy atom. The molecule has 10 heteroatoms. The molecule has 1 aromatic carbocycles. The van der Waals surface area contributed by atoms with E-state index in [0.717, 1.165) is 28.4 Å². The Bertz CT molecular complexity index is 1040. The van der Waals surface area contributed by atoms with Crippen molar-refractivity contribution in [3.63, 3.8) is 0 Å². The van der Waals surface area contributed by atoms with Crippen LogP contribution in [0.15, 0.2) is 29.6 Å². The van der Waals surface area contributed by atoms with E-state index in [1.165, 1.54) is 11.8 Å². The maximum absolute atomic E-state index is 12.2. The number of benzene rings is 1. The van der Waals surface area contributed by atoms with E-state index in [1.807, 2.05) is 24.5 Å². The highest BCUT2D eigenvalue weighted by atomic mass is 35.5. The van der Waals surface area contributed by atoms with E-state index < -0.39 is 0 Å². The number of thioether (sulfide) groups is 1. The summed E-state index contributed by atoms with van der Waals surface area (Å²) in [6.45, 7) is 2.14. The van der Waals surface area contributed by atoms with Crippen molar-refractivity contribution < 1.29 is 9.53 Å². The second-order valence-electron chi connectivity index (χ2n) is 6.22. The molecule has 1 N–H and O–H groups in total. The van der Waals surface area contributed by atoms with Crippen LogP contribution in [0.2, 0.25) is 5.02 Å². The third-order valence-electron chi connectivity index (χ3n) is 4.31. The summed E-state index contributed by atoms with van der Waals surface area (Å²) in [5, 5.41) is 7.99. The Morgan fingerprint density at radius 1 is 1.46 bits per heavy atom. The molecule has 144 valence electrons. The lowest BCUT2D eigenvalue weighted by Gasteiger charge is -2.12. The van der Waals surface area contributed by atoms with Crippen LogP contribution in [0.5, 0.6) is 5.75 Å². The number of carbonyl (C=O) groups excluding carboxylic acids is 1. The first-order chi connectivity index (χ1) is 13.5. The quantitative estimate of drug-likeness (QED) is 0.487. The highest BCUT2D eigenvalue weighted by Crippen LogP contribution is 2.39. The minimum absolute atomic E-state index is 0.181. The number of amides is 1. The third kappa shape index (κ3) is 3.82. The van der Waals surface area contributed by atoms with Gasteiger partial charge in [0, 0.05) is 23.7 Å². The number of halogens is 1. The number of nitrogens with one attached hydrogen (secondary N) is 1. The molecule has 0 bridgehead atoms. The summed E-state index contributed by atoms with van der Waals surface area (Å²) in [4.78, 5) is 21.5. The molecule has 0 spiro atoms. The SMILES string of the molecule is CSc1nccc(-c2cc(Cl)c3c(c2)CC(CNC(=O)c2snnc2C)O3)n1. The minimum Gasteiger partial charge on any atom is -0.486 e. The lowest BCUT2D eigenvalue weighted by Crippen LogP contribution is -2.34. The molecule has 0 saturated carbocycles. The van der Waals surface area contributed by atoms with Gasteiger partial charge in [0.15, 0.2) is 5.16 Å². The van der Waals surface area contributed by atoms with Gasteiger partial charge in [0.1, 0.15) is 16.7 Å². The number of fused-ring (bicyclic) bond motifs is 1. The number of hydrogen-bond donors (Lipinski definition) is 1. The summed E-state index contributed by atoms with van der Waals surface area (Å²) >= 11 is 9.02. The van der Waals surface area contributed by atoms with Crippen molar-refractivity contribution in [2.75, 3.05) is 12.8 Å². The Hall–Kier alpha value is -2.23. The first kappa shape index (κ1) is 19.1. The monoisotopic (exact) mass is 433 g/mol. The summed E-state index contributed by atoms with van der Waals surface area (Å²) in [6, 6.07) is 5.74. The van der Waals surface area contributed by atoms with Gasteiger partial charge in [-0.15, -0.1) is 5.10 Å². The Labute approximate surface area is 175 Å². The molecule has 1 unspecified atom stereocenters. The number of rotatable bonds is 5. The van der Waals surface area contributed by atoms with Crippen LogP contribution in [0.3, 0.4) is 0 Å². The normalized spacial score (nSPS) is 15.2.